The molecule has 0 aromatic rings. The van der Waals surface area contributed by atoms with E-state index in [4.69, 9.17) is 5.73 Å². The van der Waals surface area contributed by atoms with Crippen molar-refractivity contribution in [3.8, 4) is 0 Å². The lowest BCUT2D eigenvalue weighted by Crippen LogP contribution is -2.64. The fourth-order valence-corrected chi connectivity index (χ4v) is 8.18. The molecule has 2 fully saturated rings. The Hall–Kier alpha value is -2.08. The lowest BCUT2D eigenvalue weighted by Gasteiger charge is -2.63. The summed E-state index contributed by atoms with van der Waals surface area (Å²) in [5.74, 6) is 1.51. The van der Waals surface area contributed by atoms with Crippen molar-refractivity contribution in [1.82, 2.24) is 10.2 Å². The van der Waals surface area contributed by atoms with Gasteiger partial charge in [-0.15, -0.1) is 0 Å². The highest BCUT2D eigenvalue weighted by Crippen LogP contribution is 2.78. The summed E-state index contributed by atoms with van der Waals surface area (Å²) in [5, 5.41) is 13.5. The van der Waals surface area contributed by atoms with E-state index in [1.807, 2.05) is 7.05 Å². The Kier molecular flexibility index (Phi) is 4.21. The third-order valence-electron chi connectivity index (χ3n) is 8.92. The summed E-state index contributed by atoms with van der Waals surface area (Å²) in [6.07, 6.45) is 14.1. The normalized spacial score (nSPS) is 42.7. The first-order chi connectivity index (χ1) is 14.0. The zero-order valence-corrected chi connectivity index (χ0v) is 17.4. The monoisotopic (exact) mass is 396 g/mol. The quantitative estimate of drug-likeness (QED) is 0.387. The second kappa shape index (κ2) is 6.46. The molecule has 0 saturated heterocycles. The third kappa shape index (κ3) is 2.16. The number of hydrogen-bond acceptors (Lipinski definition) is 3. The van der Waals surface area contributed by atoms with Crippen molar-refractivity contribution in [2.75, 3.05) is 27.2 Å². The van der Waals surface area contributed by atoms with Gasteiger partial charge in [0, 0.05) is 42.7 Å². The molecule has 156 valence electrons. The van der Waals surface area contributed by atoms with Crippen LogP contribution in [-0.4, -0.2) is 49.1 Å². The molecule has 29 heavy (non-hydrogen) atoms. The SMILES string of the molecule is CN=C(N)N1C=C[C@H](CNC)[C@@]2(C1)[C@@H]1CC[C@H]3CC=C[C@@H]4CC(C(=O)O)=C(C1)[C@@]342. The number of rotatable bonds is 3. The predicted molar refractivity (Wildman–Crippen MR) is 113 cm³/mol. The number of aliphatic imine (C=N–C) groups is 1. The van der Waals surface area contributed by atoms with E-state index in [0.29, 0.717) is 41.6 Å². The Morgan fingerprint density at radius 2 is 2.14 bits per heavy atom. The van der Waals surface area contributed by atoms with E-state index in [1.54, 1.807) is 7.05 Å². The predicted octanol–water partition coefficient (Wildman–Crippen LogP) is 2.36. The number of hydrogen-bond donors (Lipinski definition) is 3. The molecule has 5 aliphatic rings. The molecular formula is C23H32N4O2. The van der Waals surface area contributed by atoms with Crippen LogP contribution in [-0.2, 0) is 4.79 Å². The Balaban J connectivity index is 1.76. The standard InChI is InChI=1S/C23H32N4O2/c1-25-12-17-8-9-27(21(24)26-2)13-22(17)15-7-6-14-4-3-5-16-10-18(20(28)29)19(11-15)23(14,16)22/h3,5,8-9,14-17,25H,4,6-7,10-13H2,1-2H3,(H2,24,26)(H,28,29)/t14-,15-,16-,17-,22-,23-/m1/s1. The first-order valence-electron chi connectivity index (χ1n) is 10.9. The van der Waals surface area contributed by atoms with Crippen molar-refractivity contribution < 1.29 is 9.90 Å². The fourth-order valence-electron chi connectivity index (χ4n) is 8.18. The Labute approximate surface area is 172 Å². The molecule has 0 aromatic heterocycles. The van der Waals surface area contributed by atoms with Gasteiger partial charge in [0.25, 0.3) is 0 Å². The maximum atomic E-state index is 12.3. The molecule has 0 radical (unpaired) electrons. The number of allylic oxidation sites excluding steroid dienone is 3. The molecule has 6 atom stereocenters. The second-order valence-electron chi connectivity index (χ2n) is 9.54. The van der Waals surface area contributed by atoms with E-state index in [1.165, 1.54) is 18.4 Å². The number of nitrogens with one attached hydrogen (secondary N) is 1. The van der Waals surface area contributed by atoms with E-state index in [0.717, 1.165) is 25.9 Å². The van der Waals surface area contributed by atoms with Crippen LogP contribution in [0.4, 0.5) is 0 Å². The Morgan fingerprint density at radius 3 is 2.86 bits per heavy atom. The van der Waals surface area contributed by atoms with Crippen molar-refractivity contribution in [3.63, 3.8) is 0 Å². The number of aliphatic carboxylic acids is 1. The van der Waals surface area contributed by atoms with Gasteiger partial charge in [0.05, 0.1) is 0 Å². The van der Waals surface area contributed by atoms with Gasteiger partial charge in [-0.1, -0.05) is 23.8 Å². The average Bonchev–Trinajstić information content (AvgIpc) is 3.10. The number of carboxylic acid groups (broad SMARTS) is 1. The number of nitrogens with two attached hydrogens (primary N) is 1. The molecule has 0 unspecified atom stereocenters. The number of nitrogens with zero attached hydrogens (tertiary/aromatic N) is 2. The van der Waals surface area contributed by atoms with E-state index >= 15 is 0 Å². The molecule has 4 aliphatic carbocycles. The molecule has 1 heterocycles. The minimum absolute atomic E-state index is 0.00898. The number of carbonyl (C=O) groups is 1. The van der Waals surface area contributed by atoms with Crippen LogP contribution < -0.4 is 11.1 Å². The lowest BCUT2D eigenvalue weighted by atomic mass is 9.42. The molecule has 2 saturated carbocycles. The summed E-state index contributed by atoms with van der Waals surface area (Å²) >= 11 is 0. The van der Waals surface area contributed by atoms with Gasteiger partial charge in [-0.2, -0.15) is 0 Å². The largest absolute Gasteiger partial charge is 0.478 e. The topological polar surface area (TPSA) is 91.0 Å². The maximum Gasteiger partial charge on any atom is 0.331 e. The minimum Gasteiger partial charge on any atom is -0.478 e. The van der Waals surface area contributed by atoms with Crippen LogP contribution in [0.2, 0.25) is 0 Å². The van der Waals surface area contributed by atoms with Gasteiger partial charge in [0.1, 0.15) is 0 Å². The average molecular weight is 397 g/mol. The van der Waals surface area contributed by atoms with E-state index in [2.05, 4.69) is 39.6 Å². The zero-order valence-electron chi connectivity index (χ0n) is 17.4. The summed E-state index contributed by atoms with van der Waals surface area (Å²) < 4.78 is 0. The van der Waals surface area contributed by atoms with Crippen molar-refractivity contribution in [2.24, 2.45) is 45.2 Å². The molecule has 2 bridgehead atoms. The zero-order chi connectivity index (χ0) is 20.4. The van der Waals surface area contributed by atoms with Crippen LogP contribution in [0.25, 0.3) is 0 Å². The summed E-state index contributed by atoms with van der Waals surface area (Å²) in [6, 6.07) is 0. The van der Waals surface area contributed by atoms with Gasteiger partial charge in [0.2, 0.25) is 0 Å². The summed E-state index contributed by atoms with van der Waals surface area (Å²) in [7, 11) is 3.76. The van der Waals surface area contributed by atoms with Gasteiger partial charge < -0.3 is 21.1 Å². The van der Waals surface area contributed by atoms with Gasteiger partial charge in [-0.05, 0) is 62.8 Å². The molecule has 4 N–H and O–H groups in total. The minimum atomic E-state index is -0.707. The van der Waals surface area contributed by atoms with Crippen LogP contribution in [0.1, 0.15) is 32.1 Å². The fraction of sp³-hybridized carbons (Fsp3) is 0.652. The van der Waals surface area contributed by atoms with Crippen LogP contribution in [0.5, 0.6) is 0 Å². The van der Waals surface area contributed by atoms with Gasteiger partial charge >= 0.3 is 5.97 Å². The van der Waals surface area contributed by atoms with Crippen LogP contribution in [0.15, 0.2) is 40.6 Å². The molecule has 2 spiro atoms. The highest BCUT2D eigenvalue weighted by molar-refractivity contribution is 5.89. The summed E-state index contributed by atoms with van der Waals surface area (Å²) in [6.45, 7) is 1.74. The molecule has 6 nitrogen and oxygen atoms in total. The molecule has 1 aliphatic heterocycles. The lowest BCUT2D eigenvalue weighted by molar-refractivity contribution is -0.132. The highest BCUT2D eigenvalue weighted by Gasteiger charge is 2.74. The molecule has 0 aromatic carbocycles. The Bertz CT molecular complexity index is 859. The summed E-state index contributed by atoms with van der Waals surface area (Å²) in [5.41, 5.74) is 8.19. The van der Waals surface area contributed by atoms with E-state index < -0.39 is 5.97 Å². The summed E-state index contributed by atoms with van der Waals surface area (Å²) in [4.78, 5) is 18.6. The van der Waals surface area contributed by atoms with Crippen molar-refractivity contribution in [2.45, 2.75) is 32.1 Å². The maximum absolute atomic E-state index is 12.3. The second-order valence-corrected chi connectivity index (χ2v) is 9.54. The first kappa shape index (κ1) is 18.9. The molecule has 6 heteroatoms. The Morgan fingerprint density at radius 1 is 1.34 bits per heavy atom. The van der Waals surface area contributed by atoms with Gasteiger partial charge in [-0.25, -0.2) is 4.79 Å². The van der Waals surface area contributed by atoms with Crippen LogP contribution >= 0.6 is 0 Å². The van der Waals surface area contributed by atoms with Crippen LogP contribution in [0.3, 0.4) is 0 Å². The van der Waals surface area contributed by atoms with E-state index in [-0.39, 0.29) is 10.8 Å². The van der Waals surface area contributed by atoms with E-state index in [9.17, 15) is 9.90 Å². The number of carboxylic acids is 1. The van der Waals surface area contributed by atoms with Gasteiger partial charge in [-0.3, -0.25) is 4.99 Å². The van der Waals surface area contributed by atoms with Crippen LogP contribution in [0, 0.1) is 34.5 Å². The smallest absolute Gasteiger partial charge is 0.331 e. The van der Waals surface area contributed by atoms with Gasteiger partial charge in [0.15, 0.2) is 5.96 Å². The van der Waals surface area contributed by atoms with Crippen molar-refractivity contribution >= 4 is 11.9 Å². The molecule has 0 amide bonds. The third-order valence-corrected chi connectivity index (χ3v) is 8.92. The molecule has 5 rings (SSSR count). The molecular weight excluding hydrogens is 364 g/mol. The van der Waals surface area contributed by atoms with Crippen molar-refractivity contribution in [1.29, 1.82) is 0 Å². The number of guanidine groups is 1. The highest BCUT2D eigenvalue weighted by atomic mass is 16.4. The first-order valence-corrected chi connectivity index (χ1v) is 10.9. The van der Waals surface area contributed by atoms with Crippen molar-refractivity contribution in [3.05, 3.63) is 35.6 Å².